The second kappa shape index (κ2) is 18.4. The van der Waals surface area contributed by atoms with E-state index in [-0.39, 0.29) is 47.0 Å². The minimum atomic E-state index is -5.12. The van der Waals surface area contributed by atoms with E-state index in [0.29, 0.717) is 94.1 Å². The van der Waals surface area contributed by atoms with E-state index in [1.807, 2.05) is 21.6 Å². The molecular formula is C39H33N2O18S6-5. The number of fused-ring (bicyclic) bond motifs is 10. The largest absolute Gasteiger partial charge is 0.748 e. The zero-order valence-corrected chi connectivity index (χ0v) is 38.2. The number of nitrogens with zero attached hydrogens (tertiary/aromatic N) is 2. The Kier molecular flexibility index (Phi) is 13.5. The van der Waals surface area contributed by atoms with Crippen LogP contribution in [0.25, 0.3) is 21.5 Å². The van der Waals surface area contributed by atoms with Gasteiger partial charge >= 0.3 is 0 Å². The first-order valence-electron chi connectivity index (χ1n) is 19.5. The fraction of sp³-hybridized carbons (Fsp3) is 0.308. The van der Waals surface area contributed by atoms with Crippen LogP contribution in [0.1, 0.15) is 61.5 Å². The Balaban J connectivity index is 1.22. The smallest absolute Gasteiger partial charge is 0.210 e. The number of allylic oxidation sites excluding steroid dienone is 6. The van der Waals surface area contributed by atoms with Gasteiger partial charge in [-0.2, -0.15) is 13.2 Å². The second-order valence-corrected chi connectivity index (χ2v) is 22.7. The van der Waals surface area contributed by atoms with Gasteiger partial charge in [-0.1, -0.05) is 24.3 Å². The van der Waals surface area contributed by atoms with Gasteiger partial charge in [0, 0.05) is 79.5 Å². The first-order chi connectivity index (χ1) is 30.7. The summed E-state index contributed by atoms with van der Waals surface area (Å²) < 4.78 is 155. The number of anilines is 1. The van der Waals surface area contributed by atoms with Crippen LogP contribution >= 0.6 is 24.1 Å². The third-order valence-electron chi connectivity index (χ3n) is 11.7. The van der Waals surface area contributed by atoms with Gasteiger partial charge in [-0.15, -0.1) is 0 Å². The molecule has 4 aliphatic rings. The zero-order valence-electron chi connectivity index (χ0n) is 33.3. The summed E-state index contributed by atoms with van der Waals surface area (Å²) in [6, 6.07) is 11.4. The lowest BCUT2D eigenvalue weighted by molar-refractivity contribution is -0.777. The van der Waals surface area contributed by atoms with Gasteiger partial charge in [0.1, 0.15) is 26.8 Å². The molecule has 0 saturated heterocycles. The lowest BCUT2D eigenvalue weighted by Gasteiger charge is -2.23. The molecule has 1 saturated carbocycles. The van der Waals surface area contributed by atoms with Gasteiger partial charge in [0.25, 0.3) is 0 Å². The molecule has 0 radical (unpaired) electrons. The van der Waals surface area contributed by atoms with E-state index in [9.17, 15) is 62.4 Å². The van der Waals surface area contributed by atoms with Crippen LogP contribution in [-0.4, -0.2) is 86.8 Å². The van der Waals surface area contributed by atoms with Crippen molar-refractivity contribution in [2.75, 3.05) is 29.5 Å². The summed E-state index contributed by atoms with van der Waals surface area (Å²) >= 11 is 0.826. The van der Waals surface area contributed by atoms with Gasteiger partial charge in [-0.25, -0.2) is 33.7 Å². The van der Waals surface area contributed by atoms with E-state index in [4.69, 9.17) is 0 Å². The van der Waals surface area contributed by atoms with E-state index < -0.39 is 67.7 Å². The maximum atomic E-state index is 12.8. The van der Waals surface area contributed by atoms with E-state index >= 15 is 0 Å². The number of benzene rings is 4. The van der Waals surface area contributed by atoms with Crippen LogP contribution in [0.3, 0.4) is 0 Å². The molecule has 0 aromatic heterocycles. The topological polar surface area (TPSA) is 318 Å². The SMILES string of the molecule is O=S(=O)([O-])CCCN1C2=C(/C=C/C=C3\CCC4C3=[N+](CCCS(=O)(=O)[O-])c3ccc5cc(SOO[O-])cc(S(=O)(=O)[O-])c5c34)CCC2c2c1ccc1cc(S(=O)(=O)[O-])cc(SOO[O-])c21. The molecule has 2 atom stereocenters. The molecule has 2 unspecified atom stereocenters. The van der Waals surface area contributed by atoms with E-state index in [1.165, 1.54) is 12.1 Å². The number of hydrogen-bond acceptors (Lipinski definition) is 21. The lowest BCUT2D eigenvalue weighted by Crippen LogP contribution is -2.23. The highest BCUT2D eigenvalue weighted by atomic mass is 32.2. The lowest BCUT2D eigenvalue weighted by atomic mass is 9.92. The van der Waals surface area contributed by atoms with Gasteiger partial charge < -0.3 is 33.6 Å². The fourth-order valence-corrected chi connectivity index (χ4v) is 13.0. The maximum Gasteiger partial charge on any atom is 0.210 e. The van der Waals surface area contributed by atoms with E-state index in [0.717, 1.165) is 29.0 Å². The molecule has 8 rings (SSSR count). The number of hydrogen-bond donors (Lipinski definition) is 0. The minimum Gasteiger partial charge on any atom is -0.748 e. The summed E-state index contributed by atoms with van der Waals surface area (Å²) in [7, 11) is -19.2. The molecule has 0 amide bonds. The summed E-state index contributed by atoms with van der Waals surface area (Å²) in [5, 5.41) is 29.6. The third-order valence-corrected chi connectivity index (χ3v) is 16.2. The van der Waals surface area contributed by atoms with Crippen molar-refractivity contribution in [2.45, 2.75) is 69.9 Å². The summed E-state index contributed by atoms with van der Waals surface area (Å²) in [4.78, 5) is 0.947. The Morgan fingerprint density at radius 2 is 1.42 bits per heavy atom. The Bertz CT molecular complexity index is 3220. The summed E-state index contributed by atoms with van der Waals surface area (Å²) in [6.45, 7) is 0.154. The van der Waals surface area contributed by atoms with Crippen LogP contribution in [0.2, 0.25) is 0 Å². The van der Waals surface area contributed by atoms with Crippen molar-refractivity contribution in [2.24, 2.45) is 0 Å². The molecule has 0 N–H and O–H groups in total. The maximum absolute atomic E-state index is 12.8. The van der Waals surface area contributed by atoms with Gasteiger partial charge in [0.15, 0.2) is 5.71 Å². The van der Waals surface area contributed by atoms with Gasteiger partial charge in [-0.05, 0) is 90.4 Å². The second-order valence-electron chi connectivity index (χ2n) is 15.4. The summed E-state index contributed by atoms with van der Waals surface area (Å²) in [6.07, 6.45) is 7.38. The molecule has 20 nitrogen and oxygen atoms in total. The van der Waals surface area contributed by atoms with Crippen molar-refractivity contribution < 1.29 is 85.7 Å². The average Bonchev–Trinajstić information content (AvgIpc) is 3.98. The molecule has 4 aromatic carbocycles. The summed E-state index contributed by atoms with van der Waals surface area (Å²) in [5.74, 6) is -2.13. The molecule has 26 heteroatoms. The highest BCUT2D eigenvalue weighted by Crippen LogP contribution is 2.56. The van der Waals surface area contributed by atoms with Crippen molar-refractivity contribution in [3.63, 3.8) is 0 Å². The standard InChI is InChI=1S/C39H38N2O18S6/c42-56-58-60-26-18-24-8-12-31-37(35(24)33(20-26)65(53,54)55)29-11-7-23(39(29)41(31)15-3-17-63(47,48)49)5-1-4-22-6-10-28-36-30(40(38(22)28)14-2-16-62(44,45)46)13-9-25-19-27(64(50,51)52)21-32(34(25)36)61-59-57-43/h1,4-5,8-9,12-13,18-21,28-29H,2-3,6-7,10-11,14-17H2,(H5-,42,43,44,45,46,47,48,49,50,51,52,53,54,55)/p-5. The molecule has 0 spiro atoms. The summed E-state index contributed by atoms with van der Waals surface area (Å²) in [5.41, 5.74) is 5.45. The highest BCUT2D eigenvalue weighted by Gasteiger charge is 2.46. The van der Waals surface area contributed by atoms with Crippen molar-refractivity contribution in [3.8, 4) is 0 Å². The third kappa shape index (κ3) is 9.80. The molecular weight excluding hydrogens is 977 g/mol. The van der Waals surface area contributed by atoms with Crippen LogP contribution in [0.15, 0.2) is 103 Å². The molecule has 2 heterocycles. The predicted molar refractivity (Wildman–Crippen MR) is 224 cm³/mol. The fourth-order valence-electron chi connectivity index (χ4n) is 9.59. The minimum absolute atomic E-state index is 0.0427. The first-order valence-corrected chi connectivity index (χ1v) is 26.9. The predicted octanol–water partition coefficient (Wildman–Crippen LogP) is 3.24. The van der Waals surface area contributed by atoms with Gasteiger partial charge in [0.05, 0.1) is 60.0 Å². The average molecular weight is 1010 g/mol. The van der Waals surface area contributed by atoms with Gasteiger partial charge in [-0.3, -0.25) is 10.1 Å². The van der Waals surface area contributed by atoms with Crippen molar-refractivity contribution in [1.29, 1.82) is 0 Å². The number of rotatable bonds is 18. The van der Waals surface area contributed by atoms with E-state index in [1.54, 1.807) is 30.3 Å². The van der Waals surface area contributed by atoms with Crippen LogP contribution in [0.5, 0.6) is 0 Å². The van der Waals surface area contributed by atoms with Crippen LogP contribution in [0, 0.1) is 0 Å². The Labute approximate surface area is 380 Å². The van der Waals surface area contributed by atoms with Gasteiger partial charge in [0.2, 0.25) is 5.69 Å². The molecule has 0 bridgehead atoms. The van der Waals surface area contributed by atoms with Crippen LogP contribution < -0.4 is 15.4 Å². The monoisotopic (exact) mass is 1010 g/mol. The first kappa shape index (κ1) is 47.7. The Morgan fingerprint density at radius 3 is 2.11 bits per heavy atom. The molecule has 348 valence electrons. The molecule has 4 aromatic rings. The molecule has 1 fully saturated rings. The van der Waals surface area contributed by atoms with Crippen molar-refractivity contribution >= 4 is 103 Å². The zero-order chi connectivity index (χ0) is 46.6. The molecule has 2 aliphatic heterocycles. The van der Waals surface area contributed by atoms with Crippen molar-refractivity contribution in [1.82, 2.24) is 0 Å². The molecule has 2 aliphatic carbocycles. The van der Waals surface area contributed by atoms with Crippen molar-refractivity contribution in [3.05, 3.63) is 94.7 Å². The molecule has 65 heavy (non-hydrogen) atoms. The normalized spacial score (nSPS) is 19.4. The highest BCUT2D eigenvalue weighted by molar-refractivity contribution is 7.95. The quantitative estimate of drug-likeness (QED) is 0.0454. The van der Waals surface area contributed by atoms with Crippen LogP contribution in [-0.2, 0) is 59.2 Å². The van der Waals surface area contributed by atoms with Crippen LogP contribution in [0.4, 0.5) is 11.4 Å². The van der Waals surface area contributed by atoms with E-state index in [2.05, 4.69) is 18.7 Å². The Hall–Kier alpha value is -3.81. The Morgan fingerprint density at radius 1 is 0.738 bits per heavy atom.